The van der Waals surface area contributed by atoms with Crippen LogP contribution >= 0.6 is 11.6 Å². The van der Waals surface area contributed by atoms with Crippen LogP contribution in [0.1, 0.15) is 40.2 Å². The Balaban J connectivity index is 2.18. The lowest BCUT2D eigenvalue weighted by Crippen LogP contribution is -2.53. The highest BCUT2D eigenvalue weighted by molar-refractivity contribution is 6.18. The van der Waals surface area contributed by atoms with Gasteiger partial charge in [-0.2, -0.15) is 0 Å². The molecule has 0 radical (unpaired) electrons. The first-order valence-electron chi connectivity index (χ1n) is 7.16. The van der Waals surface area contributed by atoms with E-state index in [0.717, 1.165) is 18.9 Å². The molecule has 2 heterocycles. The number of morpholine rings is 1. The van der Waals surface area contributed by atoms with Crippen LogP contribution in [0.4, 0.5) is 5.82 Å². The van der Waals surface area contributed by atoms with Crippen LogP contribution in [0.3, 0.4) is 0 Å². The summed E-state index contributed by atoms with van der Waals surface area (Å²) in [5.41, 5.74) is 1.19. The number of halogens is 1. The zero-order chi connectivity index (χ0) is 15.0. The van der Waals surface area contributed by atoms with Gasteiger partial charge in [0.1, 0.15) is 5.82 Å². The highest BCUT2D eigenvalue weighted by atomic mass is 35.5. The molecular weight excluding hydrogens is 272 g/mol. The molecule has 0 aliphatic carbocycles. The highest BCUT2D eigenvalue weighted by Crippen LogP contribution is 2.27. The van der Waals surface area contributed by atoms with Crippen molar-refractivity contribution in [2.45, 2.75) is 51.7 Å². The van der Waals surface area contributed by atoms with Crippen LogP contribution in [-0.4, -0.2) is 35.7 Å². The van der Waals surface area contributed by atoms with Crippen molar-refractivity contribution in [3.05, 3.63) is 23.9 Å². The third-order valence-corrected chi connectivity index (χ3v) is 3.94. The Kier molecular flexibility index (Phi) is 4.31. The number of anilines is 1. The Morgan fingerprint density at radius 1 is 1.40 bits per heavy atom. The van der Waals surface area contributed by atoms with E-state index >= 15 is 0 Å². The molecule has 1 fully saturated rings. The zero-order valence-electron chi connectivity index (χ0n) is 13.1. The normalized spacial score (nSPS) is 22.9. The third-order valence-electron chi connectivity index (χ3n) is 3.59. The molecule has 1 aromatic rings. The predicted octanol–water partition coefficient (Wildman–Crippen LogP) is 3.60. The van der Waals surface area contributed by atoms with Crippen LogP contribution in [-0.2, 0) is 10.2 Å². The molecule has 1 aliphatic rings. The maximum absolute atomic E-state index is 5.97. The standard InChI is InChI=1S/C16H25ClN2O/c1-15(2,3)12-6-7-14(18-9-12)19-10-13(8-17)20-16(4,5)11-19/h6-7,9,13H,8,10-11H2,1-5H3. The molecule has 0 bridgehead atoms. The summed E-state index contributed by atoms with van der Waals surface area (Å²) in [6.07, 6.45) is 2.04. The van der Waals surface area contributed by atoms with E-state index in [-0.39, 0.29) is 17.1 Å². The Morgan fingerprint density at radius 3 is 2.60 bits per heavy atom. The molecule has 20 heavy (non-hydrogen) atoms. The predicted molar refractivity (Wildman–Crippen MR) is 84.8 cm³/mol. The second kappa shape index (κ2) is 5.53. The lowest BCUT2D eigenvalue weighted by Gasteiger charge is -2.43. The van der Waals surface area contributed by atoms with Gasteiger partial charge in [0.2, 0.25) is 0 Å². The van der Waals surface area contributed by atoms with Crippen molar-refractivity contribution >= 4 is 17.4 Å². The molecule has 1 atom stereocenters. The van der Waals surface area contributed by atoms with Crippen molar-refractivity contribution in [1.29, 1.82) is 0 Å². The SMILES string of the molecule is CC1(C)CN(c2ccc(C(C)(C)C)cn2)CC(CCl)O1. The molecular formula is C16H25ClN2O. The number of aromatic nitrogens is 1. The van der Waals surface area contributed by atoms with Crippen molar-refractivity contribution in [3.8, 4) is 0 Å². The van der Waals surface area contributed by atoms with E-state index in [1.807, 2.05) is 6.20 Å². The molecule has 112 valence electrons. The van der Waals surface area contributed by atoms with E-state index in [2.05, 4.69) is 56.6 Å². The molecule has 2 rings (SSSR count). The Labute approximate surface area is 127 Å². The van der Waals surface area contributed by atoms with Crippen molar-refractivity contribution in [2.24, 2.45) is 0 Å². The van der Waals surface area contributed by atoms with E-state index in [1.165, 1.54) is 5.56 Å². The maximum Gasteiger partial charge on any atom is 0.128 e. The maximum atomic E-state index is 5.97. The smallest absolute Gasteiger partial charge is 0.128 e. The Morgan fingerprint density at radius 2 is 2.10 bits per heavy atom. The first-order chi connectivity index (χ1) is 9.21. The largest absolute Gasteiger partial charge is 0.367 e. The van der Waals surface area contributed by atoms with Gasteiger partial charge in [-0.1, -0.05) is 26.8 Å². The second-order valence-electron chi connectivity index (χ2n) is 7.19. The number of hydrogen-bond donors (Lipinski definition) is 0. The zero-order valence-corrected chi connectivity index (χ0v) is 13.9. The minimum Gasteiger partial charge on any atom is -0.367 e. The average molecular weight is 297 g/mol. The molecule has 4 heteroatoms. The number of rotatable bonds is 2. The molecule has 1 saturated heterocycles. The Hall–Kier alpha value is -0.800. The molecule has 1 unspecified atom stereocenters. The first kappa shape index (κ1) is 15.6. The van der Waals surface area contributed by atoms with E-state index < -0.39 is 0 Å². The minimum absolute atomic E-state index is 0.0597. The fraction of sp³-hybridized carbons (Fsp3) is 0.688. The lowest BCUT2D eigenvalue weighted by molar-refractivity contribution is -0.0736. The summed E-state index contributed by atoms with van der Waals surface area (Å²) in [6.45, 7) is 12.4. The van der Waals surface area contributed by atoms with Gasteiger partial charge in [0, 0.05) is 19.3 Å². The van der Waals surface area contributed by atoms with Gasteiger partial charge in [0.15, 0.2) is 0 Å². The summed E-state index contributed by atoms with van der Waals surface area (Å²) < 4.78 is 5.95. The lowest BCUT2D eigenvalue weighted by atomic mass is 9.88. The number of hydrogen-bond acceptors (Lipinski definition) is 3. The molecule has 0 spiro atoms. The van der Waals surface area contributed by atoms with Crippen molar-refractivity contribution in [2.75, 3.05) is 23.9 Å². The van der Waals surface area contributed by atoms with E-state index in [0.29, 0.717) is 5.88 Å². The van der Waals surface area contributed by atoms with E-state index in [9.17, 15) is 0 Å². The third kappa shape index (κ3) is 3.64. The van der Waals surface area contributed by atoms with Crippen LogP contribution in [0, 0.1) is 0 Å². The number of pyridine rings is 1. The number of ether oxygens (including phenoxy) is 1. The van der Waals surface area contributed by atoms with Gasteiger partial charge >= 0.3 is 0 Å². The van der Waals surface area contributed by atoms with E-state index in [1.54, 1.807) is 0 Å². The van der Waals surface area contributed by atoms with Crippen molar-refractivity contribution < 1.29 is 4.74 Å². The molecule has 0 amide bonds. The average Bonchev–Trinajstić information content (AvgIpc) is 2.36. The highest BCUT2D eigenvalue weighted by Gasteiger charge is 2.33. The number of alkyl halides is 1. The molecule has 0 saturated carbocycles. The summed E-state index contributed by atoms with van der Waals surface area (Å²) in [6, 6.07) is 4.27. The van der Waals surface area contributed by atoms with Gasteiger partial charge < -0.3 is 9.64 Å². The molecule has 1 aliphatic heterocycles. The fourth-order valence-corrected chi connectivity index (χ4v) is 2.73. The van der Waals surface area contributed by atoms with Crippen LogP contribution in [0.25, 0.3) is 0 Å². The molecule has 1 aromatic heterocycles. The van der Waals surface area contributed by atoms with Gasteiger partial charge in [0.05, 0.1) is 17.6 Å². The van der Waals surface area contributed by atoms with Crippen LogP contribution in [0.2, 0.25) is 0 Å². The van der Waals surface area contributed by atoms with Gasteiger partial charge in [-0.05, 0) is 30.9 Å². The topological polar surface area (TPSA) is 25.4 Å². The summed E-state index contributed by atoms with van der Waals surface area (Å²) >= 11 is 5.97. The molecule has 3 nitrogen and oxygen atoms in total. The van der Waals surface area contributed by atoms with Crippen LogP contribution in [0.5, 0.6) is 0 Å². The van der Waals surface area contributed by atoms with Gasteiger partial charge in [-0.15, -0.1) is 11.6 Å². The quantitative estimate of drug-likeness (QED) is 0.780. The molecule has 0 N–H and O–H groups in total. The van der Waals surface area contributed by atoms with Gasteiger partial charge in [-0.3, -0.25) is 0 Å². The summed E-state index contributed by atoms with van der Waals surface area (Å²) in [4.78, 5) is 6.90. The van der Waals surface area contributed by atoms with Crippen LogP contribution < -0.4 is 4.90 Å². The van der Waals surface area contributed by atoms with Gasteiger partial charge in [-0.25, -0.2) is 4.98 Å². The Bertz CT molecular complexity index is 451. The fourth-order valence-electron chi connectivity index (χ4n) is 2.57. The van der Waals surface area contributed by atoms with Crippen molar-refractivity contribution in [1.82, 2.24) is 4.98 Å². The van der Waals surface area contributed by atoms with E-state index in [4.69, 9.17) is 16.3 Å². The first-order valence-corrected chi connectivity index (χ1v) is 7.70. The monoisotopic (exact) mass is 296 g/mol. The van der Waals surface area contributed by atoms with Crippen molar-refractivity contribution in [3.63, 3.8) is 0 Å². The second-order valence-corrected chi connectivity index (χ2v) is 7.50. The van der Waals surface area contributed by atoms with Crippen LogP contribution in [0.15, 0.2) is 18.3 Å². The molecule has 0 aromatic carbocycles. The van der Waals surface area contributed by atoms with Gasteiger partial charge in [0.25, 0.3) is 0 Å². The number of nitrogens with zero attached hydrogens (tertiary/aromatic N) is 2. The summed E-state index contributed by atoms with van der Waals surface area (Å²) in [7, 11) is 0. The minimum atomic E-state index is -0.192. The summed E-state index contributed by atoms with van der Waals surface area (Å²) in [5, 5.41) is 0. The summed E-state index contributed by atoms with van der Waals surface area (Å²) in [5.74, 6) is 1.52.